The molecular weight excluding hydrogens is 328 g/mol. The molecule has 2 aromatic rings. The summed E-state index contributed by atoms with van der Waals surface area (Å²) in [6.07, 6.45) is 3.35. The number of aromatic amines is 1. The number of sulfone groups is 1. The van der Waals surface area contributed by atoms with Gasteiger partial charge in [0.15, 0.2) is 15.7 Å². The number of carbonyl (C=O) groups excluding carboxylic acids is 1. The zero-order chi connectivity index (χ0) is 17.7. The molecule has 0 aliphatic heterocycles. The Morgan fingerprint density at radius 3 is 2.38 bits per heavy atom. The molecule has 8 heteroatoms. The molecule has 0 spiro atoms. The maximum absolute atomic E-state index is 12.1. The molecule has 0 amide bonds. The fourth-order valence-corrected chi connectivity index (χ4v) is 3.50. The van der Waals surface area contributed by atoms with Crippen LogP contribution in [0, 0.1) is 5.92 Å². The first-order valence-electron chi connectivity index (χ1n) is 7.85. The van der Waals surface area contributed by atoms with Crippen LogP contribution >= 0.6 is 0 Å². The molecule has 0 aliphatic carbocycles. The molecule has 24 heavy (non-hydrogen) atoms. The van der Waals surface area contributed by atoms with Crippen molar-refractivity contribution < 1.29 is 13.2 Å². The van der Waals surface area contributed by atoms with E-state index in [1.165, 1.54) is 6.26 Å². The average molecular weight is 350 g/mol. The van der Waals surface area contributed by atoms with Gasteiger partial charge in [0.2, 0.25) is 0 Å². The highest BCUT2D eigenvalue weighted by Gasteiger charge is 2.29. The van der Waals surface area contributed by atoms with Gasteiger partial charge in [-0.1, -0.05) is 30.7 Å². The molecular formula is C16H22N4O3S. The van der Waals surface area contributed by atoms with Crippen LogP contribution in [-0.2, 0) is 21.1 Å². The van der Waals surface area contributed by atoms with Gasteiger partial charge >= 0.3 is 0 Å². The lowest BCUT2D eigenvalue weighted by Gasteiger charge is -2.22. The number of H-pyrrole nitrogens is 1. The molecule has 1 aromatic carbocycles. The average Bonchev–Trinajstić information content (AvgIpc) is 3.04. The number of nitrogens with one attached hydrogen (secondary N) is 1. The third-order valence-electron chi connectivity index (χ3n) is 4.11. The zero-order valence-corrected chi connectivity index (χ0v) is 14.9. The van der Waals surface area contributed by atoms with Crippen molar-refractivity contribution in [2.24, 2.45) is 5.92 Å². The molecule has 0 saturated heterocycles. The smallest absolute Gasteiger partial charge is 0.178 e. The number of aromatic nitrogens is 4. The Morgan fingerprint density at radius 1 is 1.25 bits per heavy atom. The van der Waals surface area contributed by atoms with Crippen molar-refractivity contribution in [3.63, 3.8) is 0 Å². The van der Waals surface area contributed by atoms with Crippen LogP contribution in [0.1, 0.15) is 44.0 Å². The van der Waals surface area contributed by atoms with Crippen LogP contribution in [0.5, 0.6) is 0 Å². The summed E-state index contributed by atoms with van der Waals surface area (Å²) >= 11 is 0. The van der Waals surface area contributed by atoms with Crippen LogP contribution < -0.4 is 0 Å². The topological polar surface area (TPSA) is 106 Å². The Kier molecular flexibility index (Phi) is 5.82. The number of hydrogen-bond acceptors (Lipinski definition) is 6. The molecule has 2 rings (SSSR count). The number of ketones is 1. The van der Waals surface area contributed by atoms with Gasteiger partial charge in [0, 0.05) is 18.1 Å². The molecule has 1 N–H and O–H groups in total. The van der Waals surface area contributed by atoms with Crippen LogP contribution in [-0.4, -0.2) is 41.1 Å². The van der Waals surface area contributed by atoms with E-state index in [9.17, 15) is 13.2 Å². The molecule has 0 fully saturated rings. The fraction of sp³-hybridized carbons (Fsp3) is 0.500. The molecule has 7 nitrogen and oxygen atoms in total. The molecule has 0 saturated carbocycles. The van der Waals surface area contributed by atoms with E-state index in [2.05, 4.69) is 20.6 Å². The molecule has 1 aromatic heterocycles. The fourth-order valence-electron chi connectivity index (χ4n) is 2.87. The van der Waals surface area contributed by atoms with Gasteiger partial charge in [-0.2, -0.15) is 5.21 Å². The minimum Gasteiger partial charge on any atom is -0.300 e. The van der Waals surface area contributed by atoms with E-state index in [1.54, 1.807) is 31.2 Å². The van der Waals surface area contributed by atoms with Crippen molar-refractivity contribution in [3.05, 3.63) is 35.7 Å². The van der Waals surface area contributed by atoms with Crippen molar-refractivity contribution in [3.8, 4) is 0 Å². The van der Waals surface area contributed by atoms with Crippen LogP contribution in [0.25, 0.3) is 0 Å². The molecule has 0 radical (unpaired) electrons. The van der Waals surface area contributed by atoms with Crippen molar-refractivity contribution in [1.82, 2.24) is 20.6 Å². The third kappa shape index (κ3) is 4.47. The first kappa shape index (κ1) is 18.3. The first-order valence-corrected chi connectivity index (χ1v) is 9.74. The second kappa shape index (κ2) is 7.65. The van der Waals surface area contributed by atoms with Gasteiger partial charge in [-0.05, 0) is 37.5 Å². The van der Waals surface area contributed by atoms with E-state index in [4.69, 9.17) is 0 Å². The van der Waals surface area contributed by atoms with Gasteiger partial charge in [0.25, 0.3) is 0 Å². The summed E-state index contributed by atoms with van der Waals surface area (Å²) in [5.41, 5.74) is 0.930. The number of tetrazole rings is 1. The normalized spacial score (nSPS) is 14.3. The minimum absolute atomic E-state index is 0.0967. The SMILES string of the molecule is CCC[C@H](C(C)=O)[C@H](Cc1ccc(S(C)(=O)=O)cc1)c1nn[nH]n1. The number of hydrogen-bond donors (Lipinski definition) is 1. The van der Waals surface area contributed by atoms with Gasteiger partial charge in [0.05, 0.1) is 4.90 Å². The summed E-state index contributed by atoms with van der Waals surface area (Å²) in [5, 5.41) is 14.2. The van der Waals surface area contributed by atoms with E-state index in [1.807, 2.05) is 6.92 Å². The maximum atomic E-state index is 12.1. The number of carbonyl (C=O) groups is 1. The summed E-state index contributed by atoms with van der Waals surface area (Å²) in [4.78, 5) is 12.4. The van der Waals surface area contributed by atoms with Gasteiger partial charge in [-0.15, -0.1) is 10.2 Å². The molecule has 0 bridgehead atoms. The van der Waals surface area contributed by atoms with Crippen molar-refractivity contribution in [2.75, 3.05) is 6.26 Å². The van der Waals surface area contributed by atoms with Crippen LogP contribution in [0.4, 0.5) is 0 Å². The molecule has 0 aliphatic rings. The predicted molar refractivity (Wildman–Crippen MR) is 89.3 cm³/mol. The lowest BCUT2D eigenvalue weighted by molar-refractivity contribution is -0.121. The highest BCUT2D eigenvalue weighted by molar-refractivity contribution is 7.90. The van der Waals surface area contributed by atoms with Crippen LogP contribution in [0.3, 0.4) is 0 Å². The quantitative estimate of drug-likeness (QED) is 0.780. The molecule has 2 atom stereocenters. The Bertz CT molecular complexity index is 770. The Balaban J connectivity index is 2.30. The Labute approximate surface area is 141 Å². The monoisotopic (exact) mass is 350 g/mol. The lowest BCUT2D eigenvalue weighted by Crippen LogP contribution is -2.23. The van der Waals surface area contributed by atoms with Crippen LogP contribution in [0.2, 0.25) is 0 Å². The molecule has 0 unspecified atom stereocenters. The Hall–Kier alpha value is -2.09. The van der Waals surface area contributed by atoms with Gasteiger partial charge in [-0.25, -0.2) is 8.42 Å². The minimum atomic E-state index is -3.22. The maximum Gasteiger partial charge on any atom is 0.178 e. The van der Waals surface area contributed by atoms with Gasteiger partial charge in [0.1, 0.15) is 5.78 Å². The van der Waals surface area contributed by atoms with Crippen molar-refractivity contribution >= 4 is 15.6 Å². The number of Topliss-reactive ketones (excluding diaryl/α,β-unsaturated/α-hetero) is 1. The van der Waals surface area contributed by atoms with Crippen LogP contribution in [0.15, 0.2) is 29.2 Å². The summed E-state index contributed by atoms with van der Waals surface area (Å²) < 4.78 is 23.1. The van der Waals surface area contributed by atoms with Crippen molar-refractivity contribution in [2.45, 2.75) is 43.9 Å². The van der Waals surface area contributed by atoms with Gasteiger partial charge < -0.3 is 0 Å². The van der Waals surface area contributed by atoms with Gasteiger partial charge in [-0.3, -0.25) is 4.79 Å². The van der Waals surface area contributed by atoms with E-state index in [0.717, 1.165) is 18.4 Å². The van der Waals surface area contributed by atoms with Crippen molar-refractivity contribution in [1.29, 1.82) is 0 Å². The van der Waals surface area contributed by atoms with E-state index >= 15 is 0 Å². The highest BCUT2D eigenvalue weighted by Crippen LogP contribution is 2.30. The number of rotatable bonds is 8. The summed E-state index contributed by atoms with van der Waals surface area (Å²) in [5.74, 6) is 0.225. The van der Waals surface area contributed by atoms with E-state index < -0.39 is 9.84 Å². The second-order valence-electron chi connectivity index (χ2n) is 6.00. The molecule has 1 heterocycles. The zero-order valence-electron chi connectivity index (χ0n) is 14.1. The second-order valence-corrected chi connectivity index (χ2v) is 8.02. The summed E-state index contributed by atoms with van der Waals surface area (Å²) in [7, 11) is -3.22. The number of benzene rings is 1. The predicted octanol–water partition coefficient (Wildman–Crippen LogP) is 1.93. The number of nitrogens with zero attached hydrogens (tertiary/aromatic N) is 3. The van der Waals surface area contributed by atoms with E-state index in [0.29, 0.717) is 12.2 Å². The largest absolute Gasteiger partial charge is 0.300 e. The molecule has 130 valence electrons. The van der Waals surface area contributed by atoms with E-state index in [-0.39, 0.29) is 22.5 Å². The summed E-state index contributed by atoms with van der Waals surface area (Å²) in [6, 6.07) is 6.71. The highest BCUT2D eigenvalue weighted by atomic mass is 32.2. The first-order chi connectivity index (χ1) is 11.3. The Morgan fingerprint density at radius 2 is 1.92 bits per heavy atom. The lowest BCUT2D eigenvalue weighted by atomic mass is 9.81. The summed E-state index contributed by atoms with van der Waals surface area (Å²) in [6.45, 7) is 3.62. The standard InChI is InChI=1S/C16H22N4O3S/c1-4-5-14(11(2)21)15(16-17-19-20-18-16)10-12-6-8-13(9-7-12)24(3,22)23/h6-9,14-15H,4-5,10H2,1-3H3,(H,17,18,19,20)/t14-,15+/m1/s1. The third-order valence-corrected chi connectivity index (χ3v) is 5.24.